The summed E-state index contributed by atoms with van der Waals surface area (Å²) >= 11 is 0.901. The van der Waals surface area contributed by atoms with Gasteiger partial charge in [0.2, 0.25) is 11.6 Å². The maximum atomic E-state index is 11.7. The van der Waals surface area contributed by atoms with Gasteiger partial charge in [-0.25, -0.2) is 0 Å². The van der Waals surface area contributed by atoms with Gasteiger partial charge < -0.3 is 20.5 Å². The summed E-state index contributed by atoms with van der Waals surface area (Å²) in [5.74, 6) is -0.150. The van der Waals surface area contributed by atoms with Crippen LogP contribution in [-0.2, 0) is 0 Å². The van der Waals surface area contributed by atoms with Crippen LogP contribution in [0, 0.1) is 10.4 Å². The van der Waals surface area contributed by atoms with E-state index in [2.05, 4.69) is 0 Å². The lowest BCUT2D eigenvalue weighted by Crippen LogP contribution is -2.32. The summed E-state index contributed by atoms with van der Waals surface area (Å²) < 4.78 is 1.14. The number of aromatic hydroxyl groups is 1. The van der Waals surface area contributed by atoms with Crippen LogP contribution in [0.2, 0.25) is 0 Å². The van der Waals surface area contributed by atoms with Crippen LogP contribution >= 0.6 is 11.3 Å². The maximum Gasteiger partial charge on any atom is 0.329 e. The number of hydrogen-bond donors (Lipinski definition) is 1. The lowest BCUT2D eigenvalue weighted by molar-refractivity contribution is -0.377. The van der Waals surface area contributed by atoms with E-state index < -0.39 is 4.90 Å². The van der Waals surface area contributed by atoms with Crippen molar-refractivity contribution in [3.63, 3.8) is 0 Å². The van der Waals surface area contributed by atoms with E-state index in [-0.39, 0.29) is 16.5 Å². The molecule has 20 heavy (non-hydrogen) atoms. The highest BCUT2D eigenvalue weighted by atomic mass is 32.1. The van der Waals surface area contributed by atoms with E-state index in [4.69, 9.17) is 0 Å². The van der Waals surface area contributed by atoms with Crippen LogP contribution in [0.5, 0.6) is 5.88 Å². The highest BCUT2D eigenvalue weighted by Gasteiger charge is 2.14. The molecular formula is C12H12N3O4S-. The average molecular weight is 294 g/mol. The summed E-state index contributed by atoms with van der Waals surface area (Å²) in [5, 5.41) is 32.6. The zero-order chi connectivity index (χ0) is 14.9. The number of hydrogen-bond acceptors (Lipinski definition) is 6. The first-order valence-electron chi connectivity index (χ1n) is 5.62. The minimum atomic E-state index is -0.484. The molecule has 0 spiro atoms. The van der Waals surface area contributed by atoms with Crippen LogP contribution in [-0.4, -0.2) is 34.5 Å². The van der Waals surface area contributed by atoms with E-state index in [0.29, 0.717) is 10.5 Å². The molecule has 1 N–H and O–H groups in total. The quantitative estimate of drug-likeness (QED) is 0.642. The number of thiazole rings is 1. The highest BCUT2D eigenvalue weighted by molar-refractivity contribution is 7.10. The molecule has 0 unspecified atom stereocenters. The third-order valence-electron chi connectivity index (χ3n) is 2.59. The van der Waals surface area contributed by atoms with Crippen LogP contribution in [0.4, 0.5) is 0 Å². The van der Waals surface area contributed by atoms with E-state index in [9.17, 15) is 20.3 Å². The third kappa shape index (κ3) is 2.59. The van der Waals surface area contributed by atoms with Crippen LogP contribution in [0.25, 0.3) is 6.08 Å². The van der Waals surface area contributed by atoms with Gasteiger partial charge in [-0.15, -0.1) is 0 Å². The molecule has 0 amide bonds. The fourth-order valence-electron chi connectivity index (χ4n) is 1.66. The molecular weight excluding hydrogens is 282 g/mol. The van der Waals surface area contributed by atoms with Gasteiger partial charge in [-0.05, 0) is 23.8 Å². The normalized spacial score (nSPS) is 13.7. The second-order valence-corrected chi connectivity index (χ2v) is 5.20. The van der Waals surface area contributed by atoms with Crippen LogP contribution in [0.15, 0.2) is 34.7 Å². The molecule has 1 aromatic rings. The summed E-state index contributed by atoms with van der Waals surface area (Å²) in [6, 6.07) is 0. The molecule has 1 heterocycles. The van der Waals surface area contributed by atoms with Gasteiger partial charge in [-0.3, -0.25) is 4.79 Å². The predicted octanol–water partition coefficient (Wildman–Crippen LogP) is 0.771. The number of allylic oxidation sites excluding steroid dienone is 5. The van der Waals surface area contributed by atoms with Crippen molar-refractivity contribution in [2.45, 2.75) is 0 Å². The molecule has 0 aromatic carbocycles. The molecule has 0 aliphatic heterocycles. The van der Waals surface area contributed by atoms with Gasteiger partial charge in [-0.1, -0.05) is 11.3 Å². The topological polar surface area (TPSA) is 94.6 Å². The Labute approximate surface area is 118 Å². The second kappa shape index (κ2) is 5.25. The van der Waals surface area contributed by atoms with Crippen molar-refractivity contribution in [2.75, 3.05) is 19.1 Å². The van der Waals surface area contributed by atoms with Crippen molar-refractivity contribution in [1.82, 2.24) is 4.68 Å². The molecule has 0 saturated carbocycles. The minimum absolute atomic E-state index is 0.00887. The first-order chi connectivity index (χ1) is 9.40. The standard InChI is InChI=1S/C12H12N3O4S/c1-13(2)14-11(16)10(20-12(14)17)7-8-3-5-9(6-4-8)15(18)19/h3-7H,1-2H3,(H-,16,18,19)/q-1. The van der Waals surface area contributed by atoms with Gasteiger partial charge >= 0.3 is 4.87 Å². The summed E-state index contributed by atoms with van der Waals surface area (Å²) in [6.07, 6.45) is 7.46. The van der Waals surface area contributed by atoms with Crippen LogP contribution in [0.3, 0.4) is 0 Å². The lowest BCUT2D eigenvalue weighted by Gasteiger charge is -2.12. The van der Waals surface area contributed by atoms with E-state index in [0.717, 1.165) is 16.0 Å². The van der Waals surface area contributed by atoms with Gasteiger partial charge in [-0.2, -0.15) is 9.58 Å². The number of aromatic nitrogens is 1. The summed E-state index contributed by atoms with van der Waals surface area (Å²) in [7, 11) is 3.28. The Kier molecular flexibility index (Phi) is 3.66. The maximum absolute atomic E-state index is 11.7. The van der Waals surface area contributed by atoms with Crippen molar-refractivity contribution < 1.29 is 10.0 Å². The number of rotatable bonds is 2. The fourth-order valence-corrected chi connectivity index (χ4v) is 2.56. The first kappa shape index (κ1) is 13.9. The van der Waals surface area contributed by atoms with Gasteiger partial charge in [0.1, 0.15) is 0 Å². The number of nitrogens with zero attached hydrogens (tertiary/aromatic N) is 3. The van der Waals surface area contributed by atoms with Crippen molar-refractivity contribution in [3.05, 3.63) is 54.8 Å². The largest absolute Gasteiger partial charge is 0.612 e. The lowest BCUT2D eigenvalue weighted by atomic mass is 10.1. The molecule has 106 valence electrons. The molecule has 0 saturated heterocycles. The Bertz CT molecular complexity index is 685. The van der Waals surface area contributed by atoms with E-state index in [1.165, 1.54) is 17.2 Å². The third-order valence-corrected chi connectivity index (χ3v) is 3.46. The Morgan fingerprint density at radius 1 is 1.30 bits per heavy atom. The van der Waals surface area contributed by atoms with E-state index in [1.54, 1.807) is 32.3 Å². The summed E-state index contributed by atoms with van der Waals surface area (Å²) in [6.45, 7) is 0. The Balaban J connectivity index is 2.38. The monoisotopic (exact) mass is 294 g/mol. The fraction of sp³-hybridized carbons (Fsp3) is 0.167. The summed E-state index contributed by atoms with van der Waals surface area (Å²) in [5.41, 5.74) is 0.656. The zero-order valence-corrected chi connectivity index (χ0v) is 11.6. The Morgan fingerprint density at radius 2 is 1.90 bits per heavy atom. The molecule has 1 aliphatic rings. The molecule has 0 radical (unpaired) electrons. The molecule has 1 aromatic heterocycles. The predicted molar refractivity (Wildman–Crippen MR) is 78.6 cm³/mol. The molecule has 0 fully saturated rings. The van der Waals surface area contributed by atoms with Crippen molar-refractivity contribution in [1.29, 1.82) is 0 Å². The van der Waals surface area contributed by atoms with Crippen molar-refractivity contribution in [2.24, 2.45) is 0 Å². The molecule has 0 atom stereocenters. The van der Waals surface area contributed by atoms with Crippen molar-refractivity contribution in [3.8, 4) is 5.88 Å². The highest BCUT2D eigenvalue weighted by Crippen LogP contribution is 2.24. The minimum Gasteiger partial charge on any atom is -0.612 e. The average Bonchev–Trinajstić information content (AvgIpc) is 2.65. The first-order valence-corrected chi connectivity index (χ1v) is 6.43. The molecule has 8 heteroatoms. The van der Waals surface area contributed by atoms with E-state index in [1.807, 2.05) is 0 Å². The molecule has 7 nitrogen and oxygen atoms in total. The molecule has 1 aliphatic carbocycles. The van der Waals surface area contributed by atoms with Gasteiger partial charge in [0, 0.05) is 26.2 Å². The molecule has 2 rings (SSSR count). The van der Waals surface area contributed by atoms with Crippen LogP contribution < -0.4 is 9.88 Å². The van der Waals surface area contributed by atoms with E-state index >= 15 is 0 Å². The van der Waals surface area contributed by atoms with Crippen molar-refractivity contribution >= 4 is 23.1 Å². The zero-order valence-electron chi connectivity index (χ0n) is 10.8. The van der Waals surface area contributed by atoms with Gasteiger partial charge in [0.15, 0.2) is 0 Å². The smallest absolute Gasteiger partial charge is 0.329 e. The SMILES string of the molecule is CN(C)n1c(O)c(C=C2C=CC(=[N+]([O-])[O-])C=C2)sc1=O. The molecule has 0 bridgehead atoms. The van der Waals surface area contributed by atoms with Crippen LogP contribution in [0.1, 0.15) is 4.88 Å². The Hall–Kier alpha value is -2.48. The summed E-state index contributed by atoms with van der Waals surface area (Å²) in [4.78, 5) is 11.3. The Morgan fingerprint density at radius 3 is 2.35 bits per heavy atom. The van der Waals surface area contributed by atoms with Gasteiger partial charge in [0.05, 0.1) is 4.88 Å². The van der Waals surface area contributed by atoms with Gasteiger partial charge in [0.25, 0.3) is 0 Å². The second-order valence-electron chi connectivity index (χ2n) is 4.21.